The summed E-state index contributed by atoms with van der Waals surface area (Å²) in [6, 6.07) is 8.88. The van der Waals surface area contributed by atoms with Crippen LogP contribution in [0.25, 0.3) is 91.9 Å². The van der Waals surface area contributed by atoms with Gasteiger partial charge in [-0.15, -0.1) is 0 Å². The molecule has 0 unspecified atom stereocenters. The Hall–Kier alpha value is -6.56. The highest BCUT2D eigenvalue weighted by atomic mass is 15.2. The number of aromatic nitrogens is 12. The van der Waals surface area contributed by atoms with E-state index >= 15 is 0 Å². The lowest BCUT2D eigenvalue weighted by molar-refractivity contribution is -0.666. The average molecular weight is 803 g/mol. The van der Waals surface area contributed by atoms with E-state index in [0.717, 1.165) is 90.4 Å². The third kappa shape index (κ3) is 5.28. The van der Waals surface area contributed by atoms with Gasteiger partial charge in [0.25, 0.3) is 23.3 Å². The number of rotatable bonds is 4. The van der Waals surface area contributed by atoms with Crippen molar-refractivity contribution in [3.05, 3.63) is 92.6 Å². The zero-order chi connectivity index (χ0) is 43.0. The molecule has 2 N–H and O–H groups in total. The minimum Gasteiger partial charge on any atom is -0.354 e. The first-order chi connectivity index (χ1) is 28.4. The Labute approximate surface area is 351 Å². The molecule has 0 aromatic carbocycles. The smallest absolute Gasteiger partial charge is 0.293 e. The van der Waals surface area contributed by atoms with E-state index in [4.69, 9.17) is 9.97 Å². The molecule has 2 aliphatic rings. The molecule has 0 spiro atoms. The minimum absolute atomic E-state index is 0.862. The second-order valence-corrected chi connectivity index (χ2v) is 17.0. The van der Waals surface area contributed by atoms with Gasteiger partial charge in [0.15, 0.2) is 0 Å². The van der Waals surface area contributed by atoms with Crippen LogP contribution >= 0.6 is 0 Å². The Morgan fingerprint density at radius 2 is 0.600 bits per heavy atom. The minimum atomic E-state index is 0.862. The van der Waals surface area contributed by atoms with Gasteiger partial charge in [-0.2, -0.15) is 0 Å². The summed E-state index contributed by atoms with van der Waals surface area (Å²) in [6.45, 7) is 17.5. The summed E-state index contributed by atoms with van der Waals surface area (Å²) in [5.74, 6) is 4.26. The van der Waals surface area contributed by atoms with Crippen LogP contribution in [0.5, 0.6) is 0 Å². The maximum atomic E-state index is 5.59. The first-order valence-electron chi connectivity index (χ1n) is 20.7. The maximum absolute atomic E-state index is 5.59. The first kappa shape index (κ1) is 38.9. The fourth-order valence-corrected chi connectivity index (χ4v) is 9.60. The molecular formula is C48H58N12+4. The molecule has 0 atom stereocenters. The van der Waals surface area contributed by atoms with E-state index in [1.54, 1.807) is 0 Å². The van der Waals surface area contributed by atoms with Crippen molar-refractivity contribution >= 4 is 46.4 Å². The summed E-state index contributed by atoms with van der Waals surface area (Å²) in [4.78, 5) is 19.1. The van der Waals surface area contributed by atoms with Gasteiger partial charge in [0.2, 0.25) is 0 Å². The Morgan fingerprint density at radius 3 is 0.867 bits per heavy atom. The van der Waals surface area contributed by atoms with E-state index in [2.05, 4.69) is 207 Å². The Morgan fingerprint density at radius 1 is 0.367 bits per heavy atom. The molecule has 2 aliphatic heterocycles. The molecule has 12 nitrogen and oxygen atoms in total. The van der Waals surface area contributed by atoms with Gasteiger partial charge in [-0.3, -0.25) is 0 Å². The topological polar surface area (TPSA) is 92.6 Å². The summed E-state index contributed by atoms with van der Waals surface area (Å²) < 4.78 is 18.3. The number of imidazole rings is 4. The van der Waals surface area contributed by atoms with Gasteiger partial charge < -0.3 is 9.97 Å². The molecule has 60 heavy (non-hydrogen) atoms. The Kier molecular flexibility index (Phi) is 8.75. The van der Waals surface area contributed by atoms with Gasteiger partial charge in [0.05, 0.1) is 101 Å². The normalized spacial score (nSPS) is 12.5. The molecule has 0 amide bonds. The van der Waals surface area contributed by atoms with Crippen molar-refractivity contribution in [3.8, 4) is 45.6 Å². The van der Waals surface area contributed by atoms with Crippen LogP contribution in [0.1, 0.15) is 68.3 Å². The van der Waals surface area contributed by atoms with Crippen LogP contribution in [0.15, 0.2) is 24.3 Å². The third-order valence-electron chi connectivity index (χ3n) is 14.3. The van der Waals surface area contributed by atoms with Crippen molar-refractivity contribution in [1.82, 2.24) is 38.2 Å². The fraction of sp³-hybridized carbons (Fsp3) is 0.333. The lowest BCUT2D eigenvalue weighted by atomic mass is 10.1. The van der Waals surface area contributed by atoms with E-state index in [1.807, 2.05) is 0 Å². The fourth-order valence-electron chi connectivity index (χ4n) is 9.60. The summed E-state index contributed by atoms with van der Waals surface area (Å²) in [6.07, 6.45) is 8.68. The van der Waals surface area contributed by atoms with Gasteiger partial charge in [-0.25, -0.2) is 46.5 Å². The molecule has 306 valence electrons. The van der Waals surface area contributed by atoms with Crippen LogP contribution in [-0.4, -0.2) is 38.2 Å². The van der Waals surface area contributed by atoms with Gasteiger partial charge in [0.1, 0.15) is 67.8 Å². The molecular weight excluding hydrogens is 745 g/mol. The van der Waals surface area contributed by atoms with Crippen molar-refractivity contribution in [1.29, 1.82) is 0 Å². The van der Waals surface area contributed by atoms with E-state index in [0.29, 0.717) is 0 Å². The monoisotopic (exact) mass is 802 g/mol. The largest absolute Gasteiger partial charge is 0.354 e. The molecule has 7 aromatic rings. The number of hydrogen-bond donors (Lipinski definition) is 2. The van der Waals surface area contributed by atoms with Crippen LogP contribution in [-0.2, 0) is 56.4 Å². The highest BCUT2D eigenvalue weighted by molar-refractivity contribution is 5.97. The maximum Gasteiger partial charge on any atom is 0.293 e. The number of hydrogen-bond acceptors (Lipinski definition) is 2. The average Bonchev–Trinajstić information content (AvgIpc) is 4.13. The quantitative estimate of drug-likeness (QED) is 0.201. The van der Waals surface area contributed by atoms with Crippen LogP contribution in [0.3, 0.4) is 0 Å². The molecule has 0 aliphatic carbocycles. The van der Waals surface area contributed by atoms with Crippen molar-refractivity contribution in [2.24, 2.45) is 56.4 Å². The molecule has 8 bridgehead atoms. The molecule has 0 saturated heterocycles. The lowest BCUT2D eigenvalue weighted by Crippen LogP contribution is -2.33. The summed E-state index contributed by atoms with van der Waals surface area (Å²) in [5.41, 5.74) is 21.1. The molecule has 7 aromatic heterocycles. The van der Waals surface area contributed by atoms with Crippen molar-refractivity contribution in [2.45, 2.75) is 55.4 Å². The van der Waals surface area contributed by atoms with Gasteiger partial charge in [-0.05, 0) is 48.6 Å². The molecule has 0 radical (unpaired) electrons. The number of aromatic amines is 2. The molecule has 9 heterocycles. The SMILES string of the molecule is Cc1c(C)[n+](C)c(-c2c3nc(c(-c4n(C)c(C)c(C)[n+]4C)c4ccc([nH]4)c(-c4n(C)c(C)c(C)[n+]4C)c4ccc([nH]4)c(-c4n(C)c(C)c(C)[n+]4C)c4nc2C=C4)C=C3)n1C. The highest BCUT2D eigenvalue weighted by Gasteiger charge is 2.34. The number of nitrogens with zero attached hydrogens (tertiary/aromatic N) is 10. The number of nitrogens with one attached hydrogen (secondary N) is 2. The summed E-state index contributed by atoms with van der Waals surface area (Å²) in [7, 11) is 17.2. The predicted octanol–water partition coefficient (Wildman–Crippen LogP) is 6.44. The van der Waals surface area contributed by atoms with Gasteiger partial charge in [-0.1, -0.05) is 0 Å². The van der Waals surface area contributed by atoms with Crippen LogP contribution in [0, 0.1) is 55.4 Å². The summed E-state index contributed by atoms with van der Waals surface area (Å²) >= 11 is 0. The first-order valence-corrected chi connectivity index (χ1v) is 20.7. The van der Waals surface area contributed by atoms with E-state index in [1.165, 1.54) is 45.6 Å². The zero-order valence-corrected chi connectivity index (χ0v) is 38.1. The van der Waals surface area contributed by atoms with Crippen molar-refractivity contribution in [2.75, 3.05) is 0 Å². The van der Waals surface area contributed by atoms with Crippen LogP contribution < -0.4 is 18.3 Å². The summed E-state index contributed by atoms with van der Waals surface area (Å²) in [5, 5.41) is 0. The third-order valence-corrected chi connectivity index (χ3v) is 14.3. The highest BCUT2D eigenvalue weighted by Crippen LogP contribution is 2.38. The number of fused-ring (bicyclic) bond motifs is 8. The second kappa shape index (κ2) is 13.5. The molecule has 0 saturated carbocycles. The van der Waals surface area contributed by atoms with E-state index in [-0.39, 0.29) is 0 Å². The van der Waals surface area contributed by atoms with Crippen molar-refractivity contribution in [3.63, 3.8) is 0 Å². The van der Waals surface area contributed by atoms with Gasteiger partial charge >= 0.3 is 0 Å². The molecule has 9 rings (SSSR count). The lowest BCUT2D eigenvalue weighted by Gasteiger charge is -2.05. The Bertz CT molecular complexity index is 3010. The zero-order valence-electron chi connectivity index (χ0n) is 38.1. The predicted molar refractivity (Wildman–Crippen MR) is 239 cm³/mol. The Balaban J connectivity index is 1.56. The van der Waals surface area contributed by atoms with Crippen LogP contribution in [0.4, 0.5) is 0 Å². The molecule has 12 heteroatoms. The van der Waals surface area contributed by atoms with Crippen molar-refractivity contribution < 1.29 is 18.3 Å². The molecule has 0 fully saturated rings. The van der Waals surface area contributed by atoms with Gasteiger partial charge in [0, 0.05) is 55.4 Å². The van der Waals surface area contributed by atoms with E-state index < -0.39 is 0 Å². The van der Waals surface area contributed by atoms with E-state index in [9.17, 15) is 0 Å². The number of H-pyrrole nitrogens is 2. The van der Waals surface area contributed by atoms with Crippen LogP contribution in [0.2, 0.25) is 0 Å². The standard InChI is InChI=1S/C48H57N12/c1-25-26(2)54(10)45(53(25)9)41-33-17-19-35(49-33)42(46-55(11)27(3)28(4)56(46)12)37-21-23-39(51-37)44(48-59(15)31(7)32(8)60(48)16)40-24-22-38(52-40)43(36-20-18-34(41)50-36)47-57(13)29(5)30(6)58(47)14/h17-24H,1-16H3,(H,49,50,51,52)/q+3/p+1. The second-order valence-electron chi connectivity index (χ2n) is 17.0.